The second kappa shape index (κ2) is 8.55. The lowest BCUT2D eigenvalue weighted by molar-refractivity contribution is -0.376. The largest absolute Gasteiger partial charge is 0.430 e. The Kier molecular flexibility index (Phi) is 6.54. The number of benzene rings is 2. The molecule has 0 aliphatic heterocycles. The molecule has 3 aromatic rings. The third kappa shape index (κ3) is 4.64. The van der Waals surface area contributed by atoms with E-state index in [4.69, 9.17) is 0 Å². The summed E-state index contributed by atoms with van der Waals surface area (Å²) in [7, 11) is -8.46. The minimum Gasteiger partial charge on any atom is -0.369 e. The fourth-order valence-electron chi connectivity index (χ4n) is 2.78. The molecule has 2 N–H and O–H groups in total. The minimum absolute atomic E-state index is 0.0776. The summed E-state index contributed by atoms with van der Waals surface area (Å²) in [5.74, 6) is 0. The summed E-state index contributed by atoms with van der Waals surface area (Å²) in [6.07, 6.45) is -12.2. The van der Waals surface area contributed by atoms with Gasteiger partial charge in [-0.1, -0.05) is 30.3 Å². The smallest absolute Gasteiger partial charge is 0.369 e. The van der Waals surface area contributed by atoms with Crippen LogP contribution in [0, 0.1) is 0 Å². The van der Waals surface area contributed by atoms with Crippen LogP contribution < -0.4 is 4.72 Å². The van der Waals surface area contributed by atoms with Gasteiger partial charge in [0.25, 0.3) is 15.6 Å². The zero-order valence-corrected chi connectivity index (χ0v) is 18.9. The maximum atomic E-state index is 13.0. The van der Waals surface area contributed by atoms with Gasteiger partial charge >= 0.3 is 12.4 Å². The Balaban J connectivity index is 1.89. The molecule has 0 saturated carbocycles. The summed E-state index contributed by atoms with van der Waals surface area (Å²) < 4.78 is 129. The molecule has 0 fully saturated rings. The van der Waals surface area contributed by atoms with Gasteiger partial charge in [-0.15, -0.1) is 11.3 Å². The summed E-state index contributed by atoms with van der Waals surface area (Å²) in [5, 5.41) is 9.39. The predicted octanol–water partition coefficient (Wildman–Crippen LogP) is 4.69. The van der Waals surface area contributed by atoms with Crippen molar-refractivity contribution in [1.29, 1.82) is 0 Å². The topological polar surface area (TPSA) is 101 Å². The zero-order chi connectivity index (χ0) is 25.6. The van der Waals surface area contributed by atoms with Crippen LogP contribution in [0.5, 0.6) is 0 Å². The lowest BCUT2D eigenvalue weighted by atomic mass is 9.92. The van der Waals surface area contributed by atoms with Crippen molar-refractivity contribution in [2.45, 2.75) is 31.3 Å². The number of alkyl halides is 6. The van der Waals surface area contributed by atoms with Crippen molar-refractivity contribution >= 4 is 36.9 Å². The molecule has 184 valence electrons. The van der Waals surface area contributed by atoms with Crippen molar-refractivity contribution < 1.29 is 48.3 Å². The number of thiophene rings is 1. The van der Waals surface area contributed by atoms with Crippen LogP contribution in [0.4, 0.5) is 32.0 Å². The molecule has 0 radical (unpaired) electrons. The maximum absolute atomic E-state index is 13.0. The molecule has 6 nitrogen and oxygen atoms in total. The third-order valence-corrected chi connectivity index (χ3v) is 9.74. The summed E-state index contributed by atoms with van der Waals surface area (Å²) >= 11 is 0.399. The first-order chi connectivity index (χ1) is 15.5. The van der Waals surface area contributed by atoms with Crippen LogP contribution in [0.2, 0.25) is 0 Å². The molecule has 0 saturated heterocycles. The fourth-order valence-corrected chi connectivity index (χ4v) is 7.03. The number of anilines is 1. The molecule has 0 atom stereocenters. The average molecular weight is 546 g/mol. The number of sulfone groups is 1. The first-order valence-corrected chi connectivity index (χ1v) is 12.7. The second-order valence-corrected chi connectivity index (χ2v) is 11.9. The Hall–Kier alpha value is -2.62. The van der Waals surface area contributed by atoms with Gasteiger partial charge in [-0.05, 0) is 36.4 Å². The van der Waals surface area contributed by atoms with E-state index in [2.05, 4.69) is 0 Å². The van der Waals surface area contributed by atoms with Gasteiger partial charge in [-0.25, -0.2) is 16.8 Å². The summed E-state index contributed by atoms with van der Waals surface area (Å²) in [6.45, 7) is 0. The molecule has 2 aromatic carbocycles. The van der Waals surface area contributed by atoms with E-state index in [1.807, 2.05) is 4.72 Å². The third-order valence-electron chi connectivity index (χ3n) is 4.52. The van der Waals surface area contributed by atoms with Crippen molar-refractivity contribution in [3.05, 3.63) is 72.3 Å². The predicted molar refractivity (Wildman–Crippen MR) is 109 cm³/mol. The number of aliphatic hydroxyl groups is 1. The van der Waals surface area contributed by atoms with E-state index in [0.29, 0.717) is 23.5 Å². The summed E-state index contributed by atoms with van der Waals surface area (Å²) in [4.78, 5) is -0.0776. The number of hydrogen-bond donors (Lipinski definition) is 2. The van der Waals surface area contributed by atoms with Gasteiger partial charge in [0.1, 0.15) is 8.42 Å². The van der Waals surface area contributed by atoms with E-state index in [1.165, 1.54) is 24.3 Å². The Morgan fingerprint density at radius 2 is 1.21 bits per heavy atom. The van der Waals surface area contributed by atoms with Gasteiger partial charge in [0, 0.05) is 11.3 Å². The Labute approximate surface area is 193 Å². The van der Waals surface area contributed by atoms with Gasteiger partial charge in [0.2, 0.25) is 9.84 Å². The van der Waals surface area contributed by atoms with Gasteiger partial charge < -0.3 is 5.11 Å². The first-order valence-electron chi connectivity index (χ1n) is 8.89. The maximum Gasteiger partial charge on any atom is 0.430 e. The van der Waals surface area contributed by atoms with Crippen LogP contribution in [0.25, 0.3) is 0 Å². The highest BCUT2D eigenvalue weighted by Gasteiger charge is 2.71. The van der Waals surface area contributed by atoms with Crippen LogP contribution in [-0.2, 0) is 25.5 Å². The molecule has 1 aromatic heterocycles. The molecular formula is C19H13F6NO5S3. The van der Waals surface area contributed by atoms with E-state index in [9.17, 15) is 48.3 Å². The van der Waals surface area contributed by atoms with Crippen molar-refractivity contribution in [1.82, 2.24) is 0 Å². The van der Waals surface area contributed by atoms with Crippen LogP contribution in [0.3, 0.4) is 0 Å². The number of halogens is 6. The molecule has 0 unspecified atom stereocenters. The standard InChI is InChI=1S/C19H13F6NO5S3/c20-18(21,22)17(27,19(23,24)25)12-6-8-13(9-7-12)26-34(30,31)16-11-10-15(32-16)33(28,29)14-4-2-1-3-5-14/h1-11,26-27H. The average Bonchev–Trinajstić information content (AvgIpc) is 3.25. The van der Waals surface area contributed by atoms with Crippen LogP contribution in [0.15, 0.2) is 80.0 Å². The number of hydrogen-bond acceptors (Lipinski definition) is 6. The Morgan fingerprint density at radius 1 is 0.706 bits per heavy atom. The van der Waals surface area contributed by atoms with Crippen molar-refractivity contribution in [2.75, 3.05) is 4.72 Å². The SMILES string of the molecule is O=S(=O)(Nc1ccc(C(O)(C(F)(F)F)C(F)(F)F)cc1)c1ccc(S(=O)(=O)c2ccccc2)s1. The molecule has 34 heavy (non-hydrogen) atoms. The summed E-state index contributed by atoms with van der Waals surface area (Å²) in [5.41, 5.74) is -7.15. The van der Waals surface area contributed by atoms with Crippen molar-refractivity contribution in [2.24, 2.45) is 0 Å². The number of rotatable bonds is 6. The van der Waals surface area contributed by atoms with Gasteiger partial charge in [0.15, 0.2) is 0 Å². The molecule has 1 heterocycles. The lowest BCUT2D eigenvalue weighted by Gasteiger charge is -2.32. The van der Waals surface area contributed by atoms with Crippen molar-refractivity contribution in [3.63, 3.8) is 0 Å². The van der Waals surface area contributed by atoms with Crippen molar-refractivity contribution in [3.8, 4) is 0 Å². The first kappa shape index (κ1) is 26.0. The van der Waals surface area contributed by atoms with E-state index in [0.717, 1.165) is 12.1 Å². The molecule has 3 rings (SSSR count). The molecule has 0 bridgehead atoms. The van der Waals surface area contributed by atoms with Crippen LogP contribution in [0.1, 0.15) is 5.56 Å². The second-order valence-electron chi connectivity index (χ2n) is 6.78. The zero-order valence-electron chi connectivity index (χ0n) is 16.4. The van der Waals surface area contributed by atoms with E-state index >= 15 is 0 Å². The Bertz CT molecular complexity index is 1370. The van der Waals surface area contributed by atoms with Crippen LogP contribution in [-0.4, -0.2) is 34.3 Å². The molecular weight excluding hydrogens is 532 g/mol. The highest BCUT2D eigenvalue weighted by Crippen LogP contribution is 2.50. The van der Waals surface area contributed by atoms with Gasteiger partial charge in [-0.3, -0.25) is 4.72 Å². The normalized spacial score (nSPS) is 13.6. The highest BCUT2D eigenvalue weighted by atomic mass is 32.3. The quantitative estimate of drug-likeness (QED) is 0.438. The number of nitrogens with one attached hydrogen (secondary N) is 1. The highest BCUT2D eigenvalue weighted by molar-refractivity contribution is 7.96. The van der Waals surface area contributed by atoms with E-state index < -0.39 is 53.3 Å². The van der Waals surface area contributed by atoms with Gasteiger partial charge in [0.05, 0.1) is 4.90 Å². The van der Waals surface area contributed by atoms with Gasteiger partial charge in [-0.2, -0.15) is 26.3 Å². The van der Waals surface area contributed by atoms with Crippen LogP contribution >= 0.6 is 11.3 Å². The monoisotopic (exact) mass is 545 g/mol. The van der Waals surface area contributed by atoms with E-state index in [-0.39, 0.29) is 21.2 Å². The van der Waals surface area contributed by atoms with E-state index in [1.54, 1.807) is 6.07 Å². The molecule has 0 amide bonds. The molecule has 0 spiro atoms. The fraction of sp³-hybridized carbons (Fsp3) is 0.158. The summed E-state index contributed by atoms with van der Waals surface area (Å²) in [6, 6.07) is 11.0. The Morgan fingerprint density at radius 3 is 1.71 bits per heavy atom. The molecule has 0 aliphatic rings. The molecule has 0 aliphatic carbocycles. The minimum atomic E-state index is -6.09. The number of sulfonamides is 1. The lowest BCUT2D eigenvalue weighted by Crippen LogP contribution is -2.53. The molecule has 15 heteroatoms.